The number of alkyl halides is 3. The first-order chi connectivity index (χ1) is 13.0. The Labute approximate surface area is 158 Å². The van der Waals surface area contributed by atoms with Crippen LogP contribution in [0.5, 0.6) is 0 Å². The van der Waals surface area contributed by atoms with Crippen molar-refractivity contribution >= 4 is 33.3 Å². The lowest BCUT2D eigenvalue weighted by atomic mass is 10.1. The zero-order valence-electron chi connectivity index (χ0n) is 14.3. The molecule has 2 aromatic rings. The summed E-state index contributed by atoms with van der Waals surface area (Å²) < 4.78 is 61.3. The maximum absolute atomic E-state index is 12.6. The van der Waals surface area contributed by atoms with Crippen LogP contribution in [0, 0.1) is 0 Å². The predicted molar refractivity (Wildman–Crippen MR) is 95.1 cm³/mol. The molecule has 0 aliphatic rings. The van der Waals surface area contributed by atoms with Gasteiger partial charge in [-0.15, -0.1) is 0 Å². The number of amides is 3. The van der Waals surface area contributed by atoms with E-state index in [0.29, 0.717) is 5.69 Å². The van der Waals surface area contributed by atoms with E-state index < -0.39 is 33.7 Å². The van der Waals surface area contributed by atoms with Gasteiger partial charge in [0.25, 0.3) is 5.91 Å². The number of urea groups is 1. The summed E-state index contributed by atoms with van der Waals surface area (Å²) >= 11 is 0. The maximum atomic E-state index is 12.6. The Morgan fingerprint density at radius 2 is 1.54 bits per heavy atom. The summed E-state index contributed by atoms with van der Waals surface area (Å²) in [5.41, 5.74) is 3.69. The molecule has 4 N–H and O–H groups in total. The van der Waals surface area contributed by atoms with Gasteiger partial charge in [0.15, 0.2) is 0 Å². The van der Waals surface area contributed by atoms with Crippen LogP contribution in [0.3, 0.4) is 0 Å². The van der Waals surface area contributed by atoms with E-state index in [4.69, 9.17) is 0 Å². The fraction of sp³-hybridized carbons (Fsp3) is 0.125. The monoisotopic (exact) mass is 416 g/mol. The molecule has 0 radical (unpaired) electrons. The van der Waals surface area contributed by atoms with Gasteiger partial charge in [0.2, 0.25) is 10.0 Å². The van der Waals surface area contributed by atoms with Crippen molar-refractivity contribution in [2.24, 2.45) is 0 Å². The zero-order valence-corrected chi connectivity index (χ0v) is 15.1. The molecule has 12 heteroatoms. The lowest BCUT2D eigenvalue weighted by molar-refractivity contribution is -0.137. The fourth-order valence-electron chi connectivity index (χ4n) is 2.06. The van der Waals surface area contributed by atoms with Gasteiger partial charge < -0.3 is 5.32 Å². The first kappa shape index (κ1) is 21.0. The molecule has 0 aliphatic heterocycles. The van der Waals surface area contributed by atoms with Gasteiger partial charge in [-0.05, 0) is 36.4 Å². The molecule has 0 saturated carbocycles. The molecule has 150 valence electrons. The third-order valence-corrected chi connectivity index (χ3v) is 3.79. The number of sulfonamides is 1. The number of hydrazine groups is 1. The third kappa shape index (κ3) is 6.16. The van der Waals surface area contributed by atoms with E-state index in [-0.39, 0.29) is 11.3 Å². The van der Waals surface area contributed by atoms with Gasteiger partial charge in [0.1, 0.15) is 0 Å². The van der Waals surface area contributed by atoms with E-state index >= 15 is 0 Å². The summed E-state index contributed by atoms with van der Waals surface area (Å²) in [6.07, 6.45) is -3.70. The number of carbonyl (C=O) groups excluding carboxylic acids is 2. The van der Waals surface area contributed by atoms with Crippen molar-refractivity contribution in [1.29, 1.82) is 0 Å². The lowest BCUT2D eigenvalue weighted by Crippen LogP contribution is -2.48. The highest BCUT2D eigenvalue weighted by Gasteiger charge is 2.30. The number of hydrogen-bond acceptors (Lipinski definition) is 5. The molecule has 8 nitrogen and oxygen atoms in total. The minimum Gasteiger partial charge on any atom is -0.355 e. The summed E-state index contributed by atoms with van der Waals surface area (Å²) in [6.45, 7) is 0. The molecule has 0 heterocycles. The molecule has 0 aliphatic carbocycles. The molecule has 0 atom stereocenters. The smallest absolute Gasteiger partial charge is 0.355 e. The van der Waals surface area contributed by atoms with Crippen molar-refractivity contribution in [1.82, 2.24) is 15.6 Å². The Hall–Kier alpha value is -3.28. The highest BCUT2D eigenvalue weighted by Crippen LogP contribution is 2.30. The van der Waals surface area contributed by atoms with Crippen molar-refractivity contribution in [3.8, 4) is 0 Å². The number of halogens is 3. The second-order valence-electron chi connectivity index (χ2n) is 5.53. The van der Waals surface area contributed by atoms with Crippen molar-refractivity contribution in [3.63, 3.8) is 0 Å². The van der Waals surface area contributed by atoms with Crippen molar-refractivity contribution in [3.05, 3.63) is 59.7 Å². The van der Waals surface area contributed by atoms with Gasteiger partial charge >= 0.3 is 12.2 Å². The van der Waals surface area contributed by atoms with Gasteiger partial charge in [0.05, 0.1) is 23.1 Å². The number of benzene rings is 2. The molecule has 2 rings (SSSR count). The maximum Gasteiger partial charge on any atom is 0.416 e. The number of hydrogen-bond donors (Lipinski definition) is 4. The third-order valence-electron chi connectivity index (χ3n) is 3.23. The van der Waals surface area contributed by atoms with Crippen molar-refractivity contribution in [2.75, 3.05) is 11.6 Å². The van der Waals surface area contributed by atoms with E-state index in [2.05, 4.69) is 5.32 Å². The Morgan fingerprint density at radius 1 is 0.929 bits per heavy atom. The highest BCUT2D eigenvalue weighted by atomic mass is 32.2. The van der Waals surface area contributed by atoms with Crippen LogP contribution in [0.2, 0.25) is 0 Å². The zero-order chi connectivity index (χ0) is 20.9. The Morgan fingerprint density at radius 3 is 2.11 bits per heavy atom. The molecule has 0 bridgehead atoms. The van der Waals surface area contributed by atoms with Gasteiger partial charge in [-0.25, -0.2) is 23.4 Å². The van der Waals surface area contributed by atoms with E-state index in [1.165, 1.54) is 30.3 Å². The average Bonchev–Trinajstić information content (AvgIpc) is 2.58. The molecule has 2 aromatic carbocycles. The van der Waals surface area contributed by atoms with E-state index in [9.17, 15) is 31.2 Å². The molecule has 3 amide bonds. The standard InChI is InChI=1S/C16H15F3N4O4S/c1-28(26,27)23-15(25)22-21-14(24)12-4-2-3-5-13(12)20-11-8-6-10(7-9-11)16(17,18)19/h2-9,20H,1H3,(H,21,24)(H2,22,23,25). The highest BCUT2D eigenvalue weighted by molar-refractivity contribution is 7.89. The lowest BCUT2D eigenvalue weighted by Gasteiger charge is -2.13. The first-order valence-electron chi connectivity index (χ1n) is 7.57. The largest absolute Gasteiger partial charge is 0.416 e. The minimum atomic E-state index is -4.46. The van der Waals surface area contributed by atoms with Crippen LogP contribution in [0.1, 0.15) is 15.9 Å². The van der Waals surface area contributed by atoms with E-state index in [0.717, 1.165) is 18.4 Å². The molecule has 0 unspecified atom stereocenters. The Kier molecular flexibility index (Phi) is 6.13. The van der Waals surface area contributed by atoms with Crippen LogP contribution >= 0.6 is 0 Å². The van der Waals surface area contributed by atoms with Gasteiger partial charge in [0, 0.05) is 5.69 Å². The SMILES string of the molecule is CS(=O)(=O)NC(=O)NNC(=O)c1ccccc1Nc1ccc(C(F)(F)F)cc1. The Balaban J connectivity index is 2.10. The molecular weight excluding hydrogens is 401 g/mol. The quantitative estimate of drug-likeness (QED) is 0.571. The number of anilines is 2. The number of nitrogens with one attached hydrogen (secondary N) is 4. The second kappa shape index (κ2) is 8.17. The number of carbonyl (C=O) groups is 2. The molecule has 0 saturated heterocycles. The topological polar surface area (TPSA) is 116 Å². The number of rotatable bonds is 4. The summed E-state index contributed by atoms with van der Waals surface area (Å²) in [5, 5.41) is 2.81. The molecular formula is C16H15F3N4O4S. The number of para-hydroxylation sites is 1. The fourth-order valence-corrected chi connectivity index (χ4v) is 2.45. The molecule has 0 aromatic heterocycles. The average molecular weight is 416 g/mol. The van der Waals surface area contributed by atoms with Crippen LogP contribution in [-0.4, -0.2) is 26.6 Å². The second-order valence-corrected chi connectivity index (χ2v) is 7.28. The van der Waals surface area contributed by atoms with Gasteiger partial charge in [-0.2, -0.15) is 13.2 Å². The van der Waals surface area contributed by atoms with Crippen LogP contribution in [0.15, 0.2) is 48.5 Å². The van der Waals surface area contributed by atoms with E-state index in [1.54, 1.807) is 10.8 Å². The van der Waals surface area contributed by atoms with Crippen molar-refractivity contribution < 1.29 is 31.2 Å². The summed E-state index contributed by atoms with van der Waals surface area (Å²) in [4.78, 5) is 23.6. The van der Waals surface area contributed by atoms with Crippen LogP contribution in [-0.2, 0) is 16.2 Å². The summed E-state index contributed by atoms with van der Waals surface area (Å²) in [6, 6.07) is 9.05. The molecule has 0 fully saturated rings. The summed E-state index contributed by atoms with van der Waals surface area (Å²) in [7, 11) is -3.80. The van der Waals surface area contributed by atoms with E-state index in [1.807, 2.05) is 10.9 Å². The van der Waals surface area contributed by atoms with Crippen molar-refractivity contribution in [2.45, 2.75) is 6.18 Å². The van der Waals surface area contributed by atoms with Crippen LogP contribution < -0.4 is 20.9 Å². The van der Waals surface area contributed by atoms with Crippen LogP contribution in [0.25, 0.3) is 0 Å². The first-order valence-corrected chi connectivity index (χ1v) is 9.46. The van der Waals surface area contributed by atoms with Crippen LogP contribution in [0.4, 0.5) is 29.3 Å². The molecule has 28 heavy (non-hydrogen) atoms. The molecule has 0 spiro atoms. The summed E-state index contributed by atoms with van der Waals surface area (Å²) in [5.74, 6) is -0.779. The predicted octanol–water partition coefficient (Wildman–Crippen LogP) is 2.35. The van der Waals surface area contributed by atoms with Gasteiger partial charge in [-0.3, -0.25) is 10.2 Å². The van der Waals surface area contributed by atoms with Gasteiger partial charge in [-0.1, -0.05) is 12.1 Å². The Bertz CT molecular complexity index is 976. The minimum absolute atomic E-state index is 0.0575. The normalized spacial score (nSPS) is 11.4.